The van der Waals surface area contributed by atoms with E-state index in [2.05, 4.69) is 5.32 Å². The standard InChI is InChI=1S/C19H31N3O5/c1-17(2,3)26-15(24)21-10-13-11-22(12-13)16(25)27-19-7-4-18(5-8-19,6-9-19)14(20)23/h13H,4-12H2,1-3H3,(H2,20,23)(H,21,24). The van der Waals surface area contributed by atoms with E-state index in [1.54, 1.807) is 4.90 Å². The van der Waals surface area contributed by atoms with Gasteiger partial charge in [-0.1, -0.05) is 0 Å². The van der Waals surface area contributed by atoms with E-state index in [9.17, 15) is 14.4 Å². The smallest absolute Gasteiger partial charge is 0.410 e. The molecule has 8 heteroatoms. The van der Waals surface area contributed by atoms with Crippen molar-refractivity contribution in [3.8, 4) is 0 Å². The molecule has 3 saturated carbocycles. The Kier molecular flexibility index (Phi) is 5.03. The fourth-order valence-electron chi connectivity index (χ4n) is 4.31. The number of hydrogen-bond acceptors (Lipinski definition) is 5. The number of primary amides is 1. The van der Waals surface area contributed by atoms with Gasteiger partial charge in [0.25, 0.3) is 0 Å². The molecule has 2 bridgehead atoms. The van der Waals surface area contributed by atoms with Crippen LogP contribution in [0.25, 0.3) is 0 Å². The Labute approximate surface area is 160 Å². The van der Waals surface area contributed by atoms with Crippen molar-refractivity contribution >= 4 is 18.1 Å². The summed E-state index contributed by atoms with van der Waals surface area (Å²) in [7, 11) is 0. The van der Waals surface area contributed by atoms with E-state index in [1.807, 2.05) is 20.8 Å². The Morgan fingerprint density at radius 3 is 2.11 bits per heavy atom. The summed E-state index contributed by atoms with van der Waals surface area (Å²) in [6, 6.07) is 0. The first-order chi connectivity index (χ1) is 12.5. The number of nitrogens with one attached hydrogen (secondary N) is 1. The second-order valence-electron chi connectivity index (χ2n) is 9.35. The monoisotopic (exact) mass is 381 g/mol. The number of rotatable bonds is 4. The van der Waals surface area contributed by atoms with Gasteiger partial charge in [-0.05, 0) is 59.3 Å². The highest BCUT2D eigenvalue weighted by Crippen LogP contribution is 2.53. The third-order valence-electron chi connectivity index (χ3n) is 6.15. The highest BCUT2D eigenvalue weighted by molar-refractivity contribution is 5.81. The number of nitrogens with zero attached hydrogens (tertiary/aromatic N) is 1. The van der Waals surface area contributed by atoms with Crippen LogP contribution in [0, 0.1) is 11.3 Å². The summed E-state index contributed by atoms with van der Waals surface area (Å²) in [5, 5.41) is 2.74. The number of hydrogen-bond donors (Lipinski definition) is 2. The van der Waals surface area contributed by atoms with Crippen LogP contribution in [0.5, 0.6) is 0 Å². The molecule has 8 nitrogen and oxygen atoms in total. The van der Waals surface area contributed by atoms with Crippen molar-refractivity contribution in [2.45, 2.75) is 70.5 Å². The zero-order valence-corrected chi connectivity index (χ0v) is 16.5. The molecule has 1 heterocycles. The second-order valence-corrected chi connectivity index (χ2v) is 9.35. The van der Waals surface area contributed by atoms with Gasteiger partial charge in [-0.15, -0.1) is 0 Å². The van der Waals surface area contributed by atoms with Crippen LogP contribution >= 0.6 is 0 Å². The summed E-state index contributed by atoms with van der Waals surface area (Å²) in [5.74, 6) is -0.00649. The number of likely N-dealkylation sites (tertiary alicyclic amines) is 1. The minimum Gasteiger partial charge on any atom is -0.444 e. The molecule has 4 rings (SSSR count). The van der Waals surface area contributed by atoms with Crippen LogP contribution in [0.1, 0.15) is 59.3 Å². The average Bonchev–Trinajstić information content (AvgIpc) is 2.52. The molecular weight excluding hydrogens is 350 g/mol. The Bertz CT molecular complexity index is 597. The van der Waals surface area contributed by atoms with Gasteiger partial charge < -0.3 is 25.4 Å². The van der Waals surface area contributed by atoms with Gasteiger partial charge in [-0.2, -0.15) is 0 Å². The highest BCUT2D eigenvalue weighted by atomic mass is 16.6. The Hall–Kier alpha value is -1.99. The SMILES string of the molecule is CC(C)(C)OC(=O)NCC1CN(C(=O)OC23CCC(C(N)=O)(CC2)CC3)C1. The largest absolute Gasteiger partial charge is 0.444 e. The quantitative estimate of drug-likeness (QED) is 0.775. The highest BCUT2D eigenvalue weighted by Gasteiger charge is 2.54. The van der Waals surface area contributed by atoms with E-state index in [4.69, 9.17) is 15.2 Å². The Morgan fingerprint density at radius 2 is 1.63 bits per heavy atom. The lowest BCUT2D eigenvalue weighted by Gasteiger charge is -2.52. The van der Waals surface area contributed by atoms with Crippen LogP contribution in [-0.4, -0.2) is 53.8 Å². The van der Waals surface area contributed by atoms with E-state index < -0.39 is 17.3 Å². The van der Waals surface area contributed by atoms with Crippen molar-refractivity contribution in [1.29, 1.82) is 0 Å². The third kappa shape index (κ3) is 4.30. The van der Waals surface area contributed by atoms with Gasteiger partial charge in [0.1, 0.15) is 11.2 Å². The molecule has 1 saturated heterocycles. The van der Waals surface area contributed by atoms with Crippen molar-refractivity contribution in [2.75, 3.05) is 19.6 Å². The molecule has 4 aliphatic rings. The first kappa shape index (κ1) is 19.8. The molecule has 4 fully saturated rings. The number of carbonyl (C=O) groups is 3. The number of carbonyl (C=O) groups excluding carboxylic acids is 3. The molecule has 0 unspecified atom stereocenters. The Balaban J connectivity index is 1.39. The van der Waals surface area contributed by atoms with Crippen LogP contribution in [0.2, 0.25) is 0 Å². The molecule has 3 amide bonds. The normalized spacial score (nSPS) is 30.4. The molecular formula is C19H31N3O5. The summed E-state index contributed by atoms with van der Waals surface area (Å²) >= 11 is 0. The van der Waals surface area contributed by atoms with E-state index in [0.29, 0.717) is 58.2 Å². The van der Waals surface area contributed by atoms with Gasteiger partial charge in [0.2, 0.25) is 5.91 Å². The zero-order valence-electron chi connectivity index (χ0n) is 16.5. The summed E-state index contributed by atoms with van der Waals surface area (Å²) < 4.78 is 11.1. The molecule has 0 aromatic carbocycles. The van der Waals surface area contributed by atoms with E-state index in [0.717, 1.165) is 0 Å². The number of alkyl carbamates (subject to hydrolysis) is 1. The van der Waals surface area contributed by atoms with Crippen molar-refractivity contribution in [3.05, 3.63) is 0 Å². The molecule has 1 aliphatic heterocycles. The number of amides is 3. The van der Waals surface area contributed by atoms with E-state index >= 15 is 0 Å². The van der Waals surface area contributed by atoms with Crippen LogP contribution in [0.15, 0.2) is 0 Å². The maximum atomic E-state index is 12.5. The lowest BCUT2D eigenvalue weighted by Crippen LogP contribution is -2.58. The van der Waals surface area contributed by atoms with E-state index in [-0.39, 0.29) is 23.3 Å². The minimum atomic E-state index is -0.523. The molecule has 0 radical (unpaired) electrons. The summed E-state index contributed by atoms with van der Waals surface area (Å²) in [6.07, 6.45) is 3.51. The summed E-state index contributed by atoms with van der Waals surface area (Å²) in [6.45, 7) is 7.06. The molecule has 152 valence electrons. The maximum absolute atomic E-state index is 12.5. The van der Waals surface area contributed by atoms with Gasteiger partial charge in [-0.25, -0.2) is 9.59 Å². The topological polar surface area (TPSA) is 111 Å². The third-order valence-corrected chi connectivity index (χ3v) is 6.15. The van der Waals surface area contributed by atoms with Crippen molar-refractivity contribution in [3.63, 3.8) is 0 Å². The molecule has 0 atom stereocenters. The van der Waals surface area contributed by atoms with Crippen molar-refractivity contribution < 1.29 is 23.9 Å². The van der Waals surface area contributed by atoms with Crippen molar-refractivity contribution in [1.82, 2.24) is 10.2 Å². The number of nitrogens with two attached hydrogens (primary N) is 1. The number of fused-ring (bicyclic) bond motifs is 3. The van der Waals surface area contributed by atoms with Gasteiger partial charge in [0.05, 0.1) is 0 Å². The van der Waals surface area contributed by atoms with E-state index in [1.165, 1.54) is 0 Å². The molecule has 27 heavy (non-hydrogen) atoms. The van der Waals surface area contributed by atoms with Gasteiger partial charge in [-0.3, -0.25) is 4.79 Å². The fourth-order valence-corrected chi connectivity index (χ4v) is 4.31. The minimum absolute atomic E-state index is 0.211. The van der Waals surface area contributed by atoms with Gasteiger partial charge in [0.15, 0.2) is 0 Å². The van der Waals surface area contributed by atoms with Crippen molar-refractivity contribution in [2.24, 2.45) is 17.1 Å². The summed E-state index contributed by atoms with van der Waals surface area (Å²) in [5.41, 5.74) is 4.22. The average molecular weight is 381 g/mol. The van der Waals surface area contributed by atoms with Crippen LogP contribution in [0.4, 0.5) is 9.59 Å². The van der Waals surface area contributed by atoms with Gasteiger partial charge >= 0.3 is 12.2 Å². The molecule has 0 aromatic heterocycles. The molecule has 0 aromatic rings. The lowest BCUT2D eigenvalue weighted by molar-refractivity contribution is -0.147. The molecule has 0 spiro atoms. The van der Waals surface area contributed by atoms with Gasteiger partial charge in [0, 0.05) is 31.0 Å². The first-order valence-corrected chi connectivity index (χ1v) is 9.77. The molecule has 3 aliphatic carbocycles. The Morgan fingerprint density at radius 1 is 1.07 bits per heavy atom. The van der Waals surface area contributed by atoms with Crippen LogP contribution in [0.3, 0.4) is 0 Å². The first-order valence-electron chi connectivity index (χ1n) is 9.77. The lowest BCUT2D eigenvalue weighted by atomic mass is 9.58. The zero-order chi connectivity index (χ0) is 19.9. The number of ether oxygens (including phenoxy) is 2. The van der Waals surface area contributed by atoms with Crippen LogP contribution < -0.4 is 11.1 Å². The molecule has 3 N–H and O–H groups in total. The maximum Gasteiger partial charge on any atom is 0.410 e. The summed E-state index contributed by atoms with van der Waals surface area (Å²) in [4.78, 5) is 37.5. The predicted octanol–water partition coefficient (Wildman–Crippen LogP) is 2.16. The second kappa shape index (κ2) is 6.87. The predicted molar refractivity (Wildman–Crippen MR) is 97.8 cm³/mol. The van der Waals surface area contributed by atoms with Crippen LogP contribution in [-0.2, 0) is 14.3 Å². The fraction of sp³-hybridized carbons (Fsp3) is 0.842.